The molecular weight excluding hydrogens is 192 g/mol. The molecule has 2 aliphatic heterocycles. The second-order valence-electron chi connectivity index (χ2n) is 4.19. The second kappa shape index (κ2) is 4.75. The zero-order valence-corrected chi connectivity index (χ0v) is 9.16. The predicted molar refractivity (Wildman–Crippen MR) is 57.8 cm³/mol. The highest BCUT2D eigenvalue weighted by Crippen LogP contribution is 2.19. The third-order valence-corrected chi connectivity index (χ3v) is 3.02. The van der Waals surface area contributed by atoms with E-state index < -0.39 is 0 Å². The number of hydrogen-bond donors (Lipinski definition) is 1. The Morgan fingerprint density at radius 3 is 2.87 bits per heavy atom. The molecule has 4 heteroatoms. The van der Waals surface area contributed by atoms with Crippen LogP contribution >= 0.6 is 0 Å². The van der Waals surface area contributed by atoms with Gasteiger partial charge in [0.25, 0.3) is 0 Å². The summed E-state index contributed by atoms with van der Waals surface area (Å²) in [7, 11) is 0. The van der Waals surface area contributed by atoms with E-state index in [2.05, 4.69) is 17.2 Å². The summed E-state index contributed by atoms with van der Waals surface area (Å²) in [5.41, 5.74) is 0. The van der Waals surface area contributed by atoms with E-state index >= 15 is 0 Å². The van der Waals surface area contributed by atoms with Gasteiger partial charge in [-0.05, 0) is 19.3 Å². The first-order valence-corrected chi connectivity index (χ1v) is 5.77. The van der Waals surface area contributed by atoms with Crippen LogP contribution in [0.4, 0.5) is 0 Å². The van der Waals surface area contributed by atoms with Gasteiger partial charge in [-0.3, -0.25) is 9.79 Å². The van der Waals surface area contributed by atoms with Gasteiger partial charge in [0.1, 0.15) is 11.9 Å². The summed E-state index contributed by atoms with van der Waals surface area (Å²) in [5, 5.41) is 2.91. The minimum Gasteiger partial charge on any atom is -0.381 e. The number of carbonyl (C=O) groups excluding carboxylic acids is 1. The summed E-state index contributed by atoms with van der Waals surface area (Å²) in [4.78, 5) is 16.0. The van der Waals surface area contributed by atoms with Crippen LogP contribution in [0.2, 0.25) is 0 Å². The Morgan fingerprint density at radius 1 is 1.47 bits per heavy atom. The Bertz CT molecular complexity index is 270. The first kappa shape index (κ1) is 10.6. The molecule has 2 rings (SSSR count). The largest absolute Gasteiger partial charge is 0.381 e. The maximum Gasteiger partial charge on any atom is 0.250 e. The third-order valence-electron chi connectivity index (χ3n) is 3.02. The van der Waals surface area contributed by atoms with Crippen LogP contribution in [0.15, 0.2) is 4.99 Å². The fraction of sp³-hybridized carbons (Fsp3) is 0.818. The predicted octanol–water partition coefficient (Wildman–Crippen LogP) is 1.11. The summed E-state index contributed by atoms with van der Waals surface area (Å²) in [6, 6.07) is -0.132. The molecular formula is C11H18N2O2. The van der Waals surface area contributed by atoms with Crippen molar-refractivity contribution in [3.8, 4) is 0 Å². The minimum absolute atomic E-state index is 0.0818. The van der Waals surface area contributed by atoms with Crippen LogP contribution in [0, 0.1) is 5.92 Å². The number of carbonyl (C=O) groups is 1. The van der Waals surface area contributed by atoms with Gasteiger partial charge in [0.2, 0.25) is 5.91 Å². The van der Waals surface area contributed by atoms with Gasteiger partial charge in [-0.15, -0.1) is 0 Å². The Kier molecular flexibility index (Phi) is 3.36. The van der Waals surface area contributed by atoms with E-state index in [1.165, 1.54) is 0 Å². The van der Waals surface area contributed by atoms with Crippen LogP contribution in [0.3, 0.4) is 0 Å². The third kappa shape index (κ3) is 2.37. The topological polar surface area (TPSA) is 50.7 Å². The van der Waals surface area contributed by atoms with E-state index in [0.29, 0.717) is 5.92 Å². The van der Waals surface area contributed by atoms with Crippen molar-refractivity contribution in [2.75, 3.05) is 13.2 Å². The number of aliphatic imine (C=N–C) groups is 1. The maximum absolute atomic E-state index is 11.6. The molecule has 1 amide bonds. The van der Waals surface area contributed by atoms with Crippen LogP contribution in [0.1, 0.15) is 32.6 Å². The van der Waals surface area contributed by atoms with Gasteiger partial charge in [-0.25, -0.2) is 0 Å². The first-order chi connectivity index (χ1) is 7.31. The molecule has 1 unspecified atom stereocenters. The van der Waals surface area contributed by atoms with Crippen molar-refractivity contribution in [2.24, 2.45) is 10.9 Å². The van der Waals surface area contributed by atoms with Crippen LogP contribution in [-0.2, 0) is 9.53 Å². The van der Waals surface area contributed by atoms with Crippen molar-refractivity contribution in [2.45, 2.75) is 38.6 Å². The van der Waals surface area contributed by atoms with E-state index in [9.17, 15) is 4.79 Å². The Balaban J connectivity index is 1.97. The van der Waals surface area contributed by atoms with Crippen molar-refractivity contribution in [3.05, 3.63) is 0 Å². The zero-order chi connectivity index (χ0) is 10.7. The van der Waals surface area contributed by atoms with Crippen LogP contribution in [-0.4, -0.2) is 31.0 Å². The fourth-order valence-corrected chi connectivity index (χ4v) is 2.12. The highest BCUT2D eigenvalue weighted by Gasteiger charge is 2.30. The molecule has 0 aliphatic carbocycles. The van der Waals surface area contributed by atoms with Gasteiger partial charge >= 0.3 is 0 Å². The van der Waals surface area contributed by atoms with Gasteiger partial charge in [0.05, 0.1) is 0 Å². The average molecular weight is 210 g/mol. The quantitative estimate of drug-likeness (QED) is 0.758. The van der Waals surface area contributed by atoms with E-state index in [4.69, 9.17) is 4.74 Å². The van der Waals surface area contributed by atoms with Gasteiger partial charge in [0, 0.05) is 19.1 Å². The minimum atomic E-state index is -0.132. The van der Waals surface area contributed by atoms with Crippen molar-refractivity contribution >= 4 is 11.7 Å². The highest BCUT2D eigenvalue weighted by molar-refractivity contribution is 6.06. The molecule has 1 fully saturated rings. The highest BCUT2D eigenvalue weighted by atomic mass is 16.5. The number of amidine groups is 1. The van der Waals surface area contributed by atoms with Crippen molar-refractivity contribution in [1.82, 2.24) is 5.32 Å². The number of ether oxygens (including phenoxy) is 1. The lowest BCUT2D eigenvalue weighted by Gasteiger charge is -2.21. The molecule has 1 N–H and O–H groups in total. The Labute approximate surface area is 90.1 Å². The molecule has 0 saturated carbocycles. The van der Waals surface area contributed by atoms with Crippen molar-refractivity contribution in [3.63, 3.8) is 0 Å². The smallest absolute Gasteiger partial charge is 0.250 e. The molecule has 0 aromatic heterocycles. The summed E-state index contributed by atoms with van der Waals surface area (Å²) in [5.74, 6) is 1.39. The monoisotopic (exact) mass is 210 g/mol. The van der Waals surface area contributed by atoms with E-state index in [1.807, 2.05) is 0 Å². The average Bonchev–Trinajstić information content (AvgIpc) is 2.63. The van der Waals surface area contributed by atoms with Gasteiger partial charge in [-0.2, -0.15) is 0 Å². The summed E-state index contributed by atoms with van der Waals surface area (Å²) >= 11 is 0. The number of nitrogens with zero attached hydrogens (tertiary/aromatic N) is 1. The van der Waals surface area contributed by atoms with Gasteiger partial charge in [-0.1, -0.05) is 13.3 Å². The zero-order valence-electron chi connectivity index (χ0n) is 9.16. The number of rotatable bonds is 3. The van der Waals surface area contributed by atoms with Crippen LogP contribution in [0.25, 0.3) is 0 Å². The molecule has 15 heavy (non-hydrogen) atoms. The number of nitrogens with one attached hydrogen (secondary N) is 1. The summed E-state index contributed by atoms with van der Waals surface area (Å²) < 4.78 is 5.29. The van der Waals surface area contributed by atoms with E-state index in [0.717, 1.165) is 44.7 Å². The lowest BCUT2D eigenvalue weighted by atomic mass is 9.99. The van der Waals surface area contributed by atoms with Gasteiger partial charge in [0.15, 0.2) is 0 Å². The molecule has 4 nitrogen and oxygen atoms in total. The lowest BCUT2D eigenvalue weighted by molar-refractivity contribution is -0.120. The molecule has 0 aromatic carbocycles. The van der Waals surface area contributed by atoms with Crippen LogP contribution < -0.4 is 5.32 Å². The Hall–Kier alpha value is -0.900. The van der Waals surface area contributed by atoms with E-state index in [1.54, 1.807) is 0 Å². The lowest BCUT2D eigenvalue weighted by Crippen LogP contribution is -2.35. The SMILES string of the molecule is CCCC1N=C(C2CCOCC2)NC1=O. The molecule has 1 atom stereocenters. The number of hydrogen-bond acceptors (Lipinski definition) is 3. The van der Waals surface area contributed by atoms with Crippen molar-refractivity contribution < 1.29 is 9.53 Å². The molecule has 0 bridgehead atoms. The first-order valence-electron chi connectivity index (χ1n) is 5.77. The molecule has 2 aliphatic rings. The van der Waals surface area contributed by atoms with Crippen molar-refractivity contribution in [1.29, 1.82) is 0 Å². The molecule has 1 saturated heterocycles. The molecule has 0 spiro atoms. The van der Waals surface area contributed by atoms with Crippen LogP contribution in [0.5, 0.6) is 0 Å². The second-order valence-corrected chi connectivity index (χ2v) is 4.19. The standard InChI is InChI=1S/C11H18N2O2/c1-2-3-9-11(14)13-10(12-9)8-4-6-15-7-5-8/h8-9H,2-7H2,1H3,(H,12,13,14). The van der Waals surface area contributed by atoms with Gasteiger partial charge < -0.3 is 10.1 Å². The molecule has 0 aromatic rings. The molecule has 84 valence electrons. The Morgan fingerprint density at radius 2 is 2.20 bits per heavy atom. The molecule has 2 heterocycles. The fourth-order valence-electron chi connectivity index (χ4n) is 2.12. The number of amides is 1. The summed E-state index contributed by atoms with van der Waals surface area (Å²) in [6.45, 7) is 3.66. The molecule has 0 radical (unpaired) electrons. The van der Waals surface area contributed by atoms with E-state index in [-0.39, 0.29) is 11.9 Å². The normalized spacial score (nSPS) is 27.7. The summed E-state index contributed by atoms with van der Waals surface area (Å²) in [6.07, 6.45) is 3.83. The maximum atomic E-state index is 11.6.